The molecule has 0 bridgehead atoms. The summed E-state index contributed by atoms with van der Waals surface area (Å²) in [6.07, 6.45) is 1.68. The van der Waals surface area contributed by atoms with Crippen LogP contribution in [0.15, 0.2) is 72.5 Å². The van der Waals surface area contributed by atoms with E-state index in [4.69, 9.17) is 14.2 Å². The third kappa shape index (κ3) is 4.35. The van der Waals surface area contributed by atoms with Crippen molar-refractivity contribution in [3.63, 3.8) is 0 Å². The maximum atomic E-state index is 13.0. The Hall–Kier alpha value is -3.61. The van der Waals surface area contributed by atoms with E-state index in [-0.39, 0.29) is 23.4 Å². The summed E-state index contributed by atoms with van der Waals surface area (Å²) in [6.45, 7) is 2.48. The average Bonchev–Trinajstić information content (AvgIpc) is 3.17. The Balaban J connectivity index is 1.38. The first-order valence-corrected chi connectivity index (χ1v) is 10.9. The second-order valence-corrected chi connectivity index (χ2v) is 8.16. The van der Waals surface area contributed by atoms with Gasteiger partial charge < -0.3 is 19.3 Å². The number of hydrogen-bond donors (Lipinski definition) is 1. The van der Waals surface area contributed by atoms with Crippen LogP contribution in [-0.2, 0) is 11.3 Å². The van der Waals surface area contributed by atoms with Crippen molar-refractivity contribution < 1.29 is 24.1 Å². The van der Waals surface area contributed by atoms with Gasteiger partial charge in [-0.1, -0.05) is 42.5 Å². The van der Waals surface area contributed by atoms with Crippen molar-refractivity contribution in [2.24, 2.45) is 0 Å². The fraction of sp³-hybridized carbons (Fsp3) is 0.222. The van der Waals surface area contributed by atoms with Crippen molar-refractivity contribution in [2.75, 3.05) is 26.8 Å². The van der Waals surface area contributed by atoms with E-state index in [0.717, 1.165) is 23.4 Å². The van der Waals surface area contributed by atoms with E-state index in [9.17, 15) is 9.90 Å². The van der Waals surface area contributed by atoms with E-state index in [0.29, 0.717) is 36.6 Å². The number of methoxy groups -OCH3 is 1. The standard InChI is InChI=1S/C27H25NO5/c1-31-20-9-7-18(8-10-20)15-24-26(30)21-11-12-23(29)22(27(21)33-24)16-28-13-14-32-25(17-28)19-5-3-2-4-6-19/h2-12,15,25,29H,13-14,16-17H2,1H3/b24-15+/t25-/m0/s1. The summed E-state index contributed by atoms with van der Waals surface area (Å²) in [5, 5.41) is 10.6. The lowest BCUT2D eigenvalue weighted by Crippen LogP contribution is -2.37. The molecule has 5 rings (SSSR count). The van der Waals surface area contributed by atoms with Crippen LogP contribution in [0.25, 0.3) is 6.08 Å². The van der Waals surface area contributed by atoms with Gasteiger partial charge in [0, 0.05) is 19.6 Å². The summed E-state index contributed by atoms with van der Waals surface area (Å²) in [5.41, 5.74) is 3.04. The molecule has 1 saturated heterocycles. The molecule has 2 aliphatic heterocycles. The van der Waals surface area contributed by atoms with Gasteiger partial charge in [0.2, 0.25) is 5.78 Å². The van der Waals surface area contributed by atoms with Crippen molar-refractivity contribution in [2.45, 2.75) is 12.6 Å². The maximum absolute atomic E-state index is 13.0. The van der Waals surface area contributed by atoms with Gasteiger partial charge in [-0.2, -0.15) is 0 Å². The van der Waals surface area contributed by atoms with E-state index in [1.807, 2.05) is 42.5 Å². The molecule has 1 atom stereocenters. The van der Waals surface area contributed by atoms with Gasteiger partial charge >= 0.3 is 0 Å². The molecule has 6 nitrogen and oxygen atoms in total. The third-order valence-electron chi connectivity index (χ3n) is 6.03. The van der Waals surface area contributed by atoms with Crippen LogP contribution < -0.4 is 9.47 Å². The summed E-state index contributed by atoms with van der Waals surface area (Å²) >= 11 is 0. The summed E-state index contributed by atoms with van der Waals surface area (Å²) in [7, 11) is 1.61. The van der Waals surface area contributed by atoms with E-state index in [2.05, 4.69) is 17.0 Å². The summed E-state index contributed by atoms with van der Waals surface area (Å²) < 4.78 is 17.2. The van der Waals surface area contributed by atoms with Crippen LogP contribution in [0.4, 0.5) is 0 Å². The number of rotatable bonds is 5. The smallest absolute Gasteiger partial charge is 0.231 e. The quantitative estimate of drug-likeness (QED) is 0.582. The van der Waals surface area contributed by atoms with Crippen LogP contribution in [0.3, 0.4) is 0 Å². The molecule has 3 aromatic rings. The van der Waals surface area contributed by atoms with Crippen molar-refractivity contribution >= 4 is 11.9 Å². The Morgan fingerprint density at radius 1 is 1.09 bits per heavy atom. The van der Waals surface area contributed by atoms with Gasteiger partial charge in [0.1, 0.15) is 17.2 Å². The highest BCUT2D eigenvalue weighted by atomic mass is 16.5. The number of Topliss-reactive ketones (excluding diaryl/α,β-unsaturated/α-hetero) is 1. The van der Waals surface area contributed by atoms with Crippen LogP contribution in [0, 0.1) is 0 Å². The minimum Gasteiger partial charge on any atom is -0.507 e. The lowest BCUT2D eigenvalue weighted by Gasteiger charge is -2.33. The van der Waals surface area contributed by atoms with E-state index in [1.54, 1.807) is 25.3 Å². The van der Waals surface area contributed by atoms with E-state index in [1.165, 1.54) is 0 Å². The molecule has 0 radical (unpaired) electrons. The molecule has 0 spiro atoms. The zero-order valence-corrected chi connectivity index (χ0v) is 18.4. The van der Waals surface area contributed by atoms with Crippen LogP contribution in [0.1, 0.15) is 33.2 Å². The number of morpholine rings is 1. The van der Waals surface area contributed by atoms with Gasteiger partial charge in [-0.3, -0.25) is 9.69 Å². The second kappa shape index (κ2) is 9.10. The lowest BCUT2D eigenvalue weighted by atomic mass is 10.0. The molecule has 1 fully saturated rings. The number of ketones is 1. The molecule has 1 N–H and O–H groups in total. The fourth-order valence-corrected chi connectivity index (χ4v) is 4.24. The highest BCUT2D eigenvalue weighted by molar-refractivity contribution is 6.15. The molecule has 6 heteroatoms. The Bertz CT molecular complexity index is 1190. The molecular formula is C27H25NO5. The lowest BCUT2D eigenvalue weighted by molar-refractivity contribution is -0.0332. The van der Waals surface area contributed by atoms with E-state index < -0.39 is 0 Å². The van der Waals surface area contributed by atoms with Crippen molar-refractivity contribution in [3.8, 4) is 17.2 Å². The van der Waals surface area contributed by atoms with Gasteiger partial charge in [0.25, 0.3) is 0 Å². The van der Waals surface area contributed by atoms with Crippen molar-refractivity contribution in [1.82, 2.24) is 4.90 Å². The van der Waals surface area contributed by atoms with Gasteiger partial charge in [0.05, 0.1) is 30.9 Å². The average molecular weight is 443 g/mol. The Morgan fingerprint density at radius 3 is 2.64 bits per heavy atom. The number of phenolic OH excluding ortho intramolecular Hbond substituents is 1. The van der Waals surface area contributed by atoms with Crippen LogP contribution >= 0.6 is 0 Å². The third-order valence-corrected chi connectivity index (χ3v) is 6.03. The Morgan fingerprint density at radius 2 is 1.88 bits per heavy atom. The molecule has 2 aliphatic rings. The molecule has 0 saturated carbocycles. The molecule has 0 amide bonds. The molecular weight excluding hydrogens is 418 g/mol. The zero-order valence-electron chi connectivity index (χ0n) is 18.4. The topological polar surface area (TPSA) is 68.2 Å². The second-order valence-electron chi connectivity index (χ2n) is 8.16. The number of phenols is 1. The summed E-state index contributed by atoms with van der Waals surface area (Å²) in [4.78, 5) is 15.2. The number of allylic oxidation sites excluding steroid dienone is 1. The Labute approximate surface area is 192 Å². The van der Waals surface area contributed by atoms with Crippen LogP contribution in [0.2, 0.25) is 0 Å². The molecule has 0 aliphatic carbocycles. The number of ether oxygens (including phenoxy) is 3. The molecule has 0 unspecified atom stereocenters. The summed E-state index contributed by atoms with van der Waals surface area (Å²) in [5.74, 6) is 1.35. The molecule has 33 heavy (non-hydrogen) atoms. The number of carbonyl (C=O) groups excluding carboxylic acids is 1. The minimum atomic E-state index is -0.189. The first kappa shape index (κ1) is 21.2. The Kier molecular flexibility index (Phi) is 5.86. The number of hydrogen-bond acceptors (Lipinski definition) is 6. The molecule has 168 valence electrons. The molecule has 0 aromatic heterocycles. The number of aromatic hydroxyl groups is 1. The monoisotopic (exact) mass is 443 g/mol. The first-order valence-electron chi connectivity index (χ1n) is 10.9. The number of nitrogens with zero attached hydrogens (tertiary/aromatic N) is 1. The van der Waals surface area contributed by atoms with Crippen LogP contribution in [-0.4, -0.2) is 42.6 Å². The highest BCUT2D eigenvalue weighted by Crippen LogP contribution is 2.40. The van der Waals surface area contributed by atoms with Crippen molar-refractivity contribution in [1.29, 1.82) is 0 Å². The first-order chi connectivity index (χ1) is 16.1. The van der Waals surface area contributed by atoms with Gasteiger partial charge in [-0.25, -0.2) is 0 Å². The van der Waals surface area contributed by atoms with Gasteiger partial charge in [-0.05, 0) is 41.5 Å². The maximum Gasteiger partial charge on any atom is 0.231 e. The van der Waals surface area contributed by atoms with Gasteiger partial charge in [0.15, 0.2) is 5.76 Å². The fourth-order valence-electron chi connectivity index (χ4n) is 4.24. The van der Waals surface area contributed by atoms with E-state index >= 15 is 0 Å². The summed E-state index contributed by atoms with van der Waals surface area (Å²) in [6, 6.07) is 20.7. The predicted molar refractivity (Wildman–Crippen MR) is 124 cm³/mol. The normalized spacial score (nSPS) is 19.4. The van der Waals surface area contributed by atoms with Crippen LogP contribution in [0.5, 0.6) is 17.2 Å². The molecule has 3 aromatic carbocycles. The predicted octanol–water partition coefficient (Wildman–Crippen LogP) is 4.59. The van der Waals surface area contributed by atoms with Crippen molar-refractivity contribution in [3.05, 3.63) is 94.7 Å². The highest BCUT2D eigenvalue weighted by Gasteiger charge is 2.32. The van der Waals surface area contributed by atoms with Gasteiger partial charge in [-0.15, -0.1) is 0 Å². The number of fused-ring (bicyclic) bond motifs is 1. The SMILES string of the molecule is COc1ccc(/C=C2/Oc3c(ccc(O)c3CN3CCO[C@H](c4ccccc4)C3)C2=O)cc1. The number of benzene rings is 3. The molecule has 2 heterocycles. The number of carbonyl (C=O) groups is 1. The minimum absolute atomic E-state index is 0.0352. The zero-order chi connectivity index (χ0) is 22.8. The largest absolute Gasteiger partial charge is 0.507 e.